The molecule has 3 rings (SSSR count). The lowest BCUT2D eigenvalue weighted by Gasteiger charge is -2.12. The maximum absolute atomic E-state index is 12.2. The normalized spacial score (nSPS) is 10.8. The SMILES string of the molecule is CCOC(=O)Oc1c(C)c2c(=O)[nH]cnc2n1-c1ccccc1Cl. The Morgan fingerprint density at radius 2 is 2.12 bits per heavy atom. The zero-order valence-electron chi connectivity index (χ0n) is 13.0. The van der Waals surface area contributed by atoms with E-state index < -0.39 is 6.16 Å². The molecule has 0 unspecified atom stereocenters. The molecular formula is C16H14ClN3O4. The summed E-state index contributed by atoms with van der Waals surface area (Å²) in [5.41, 5.74) is 1.00. The Morgan fingerprint density at radius 1 is 1.38 bits per heavy atom. The molecule has 2 heterocycles. The Bertz CT molecular complexity index is 977. The molecule has 24 heavy (non-hydrogen) atoms. The summed E-state index contributed by atoms with van der Waals surface area (Å²) in [6.45, 7) is 3.51. The highest BCUT2D eigenvalue weighted by molar-refractivity contribution is 6.32. The molecule has 3 aromatic rings. The van der Waals surface area contributed by atoms with Gasteiger partial charge in [0.05, 0.1) is 29.0 Å². The molecule has 0 fully saturated rings. The lowest BCUT2D eigenvalue weighted by atomic mass is 10.3. The third-order valence-corrected chi connectivity index (χ3v) is 3.80. The quantitative estimate of drug-likeness (QED) is 0.735. The van der Waals surface area contributed by atoms with Gasteiger partial charge >= 0.3 is 6.16 Å². The van der Waals surface area contributed by atoms with Gasteiger partial charge in [-0.2, -0.15) is 0 Å². The first kappa shape index (κ1) is 16.1. The standard InChI is InChI=1S/C16H14ClN3O4/c1-3-23-16(22)24-15-9(2)12-13(18-8-19-14(12)21)20(15)11-7-5-4-6-10(11)17/h4-8H,3H2,1-2H3,(H,18,19,21). The van der Waals surface area contributed by atoms with Crippen LogP contribution in [0.3, 0.4) is 0 Å². The van der Waals surface area contributed by atoms with Crippen LogP contribution in [0.15, 0.2) is 35.4 Å². The summed E-state index contributed by atoms with van der Waals surface area (Å²) >= 11 is 6.27. The first-order valence-corrected chi connectivity index (χ1v) is 7.60. The van der Waals surface area contributed by atoms with Crippen molar-refractivity contribution in [2.24, 2.45) is 0 Å². The van der Waals surface area contributed by atoms with E-state index in [1.165, 1.54) is 10.9 Å². The number of hydrogen-bond acceptors (Lipinski definition) is 5. The van der Waals surface area contributed by atoms with E-state index in [0.717, 1.165) is 0 Å². The van der Waals surface area contributed by atoms with Crippen molar-refractivity contribution in [2.75, 3.05) is 6.61 Å². The second-order valence-corrected chi connectivity index (χ2v) is 5.34. The van der Waals surface area contributed by atoms with Gasteiger partial charge in [0, 0.05) is 5.56 Å². The number of carbonyl (C=O) groups is 1. The molecule has 7 nitrogen and oxygen atoms in total. The molecule has 2 aromatic heterocycles. The third kappa shape index (κ3) is 2.63. The van der Waals surface area contributed by atoms with Crippen molar-refractivity contribution >= 4 is 28.8 Å². The van der Waals surface area contributed by atoms with Crippen molar-refractivity contribution in [1.82, 2.24) is 14.5 Å². The summed E-state index contributed by atoms with van der Waals surface area (Å²) in [5, 5.41) is 0.738. The number of halogens is 1. The molecule has 1 N–H and O–H groups in total. The number of rotatable bonds is 3. The number of carbonyl (C=O) groups excluding carboxylic acids is 1. The smallest absolute Gasteiger partial charge is 0.434 e. The molecule has 0 saturated heterocycles. The van der Waals surface area contributed by atoms with Crippen LogP contribution < -0.4 is 10.3 Å². The Kier molecular flexibility index (Phi) is 4.26. The Hall–Kier alpha value is -2.80. The van der Waals surface area contributed by atoms with Crippen LogP contribution in [0.25, 0.3) is 16.7 Å². The largest absolute Gasteiger partial charge is 0.515 e. The second-order valence-electron chi connectivity index (χ2n) is 4.93. The summed E-state index contributed by atoms with van der Waals surface area (Å²) in [6, 6.07) is 6.99. The monoisotopic (exact) mass is 347 g/mol. The summed E-state index contributed by atoms with van der Waals surface area (Å²) in [4.78, 5) is 30.7. The second kappa shape index (κ2) is 6.37. The van der Waals surface area contributed by atoms with Crippen LogP contribution in [0.5, 0.6) is 5.88 Å². The number of aromatic amines is 1. The molecule has 0 radical (unpaired) electrons. The number of ether oxygens (including phenoxy) is 2. The van der Waals surface area contributed by atoms with Crippen LogP contribution in [0.2, 0.25) is 5.02 Å². The summed E-state index contributed by atoms with van der Waals surface area (Å²) < 4.78 is 11.7. The number of nitrogens with one attached hydrogen (secondary N) is 1. The van der Waals surface area contributed by atoms with E-state index in [4.69, 9.17) is 21.1 Å². The van der Waals surface area contributed by atoms with E-state index in [0.29, 0.717) is 27.3 Å². The maximum Gasteiger partial charge on any atom is 0.515 e. The minimum atomic E-state index is -0.867. The van der Waals surface area contributed by atoms with E-state index in [9.17, 15) is 9.59 Å². The van der Waals surface area contributed by atoms with Crippen LogP contribution in [-0.2, 0) is 4.74 Å². The molecule has 0 aliphatic rings. The number of nitrogens with zero attached hydrogens (tertiary/aromatic N) is 2. The van der Waals surface area contributed by atoms with E-state index in [1.54, 1.807) is 38.1 Å². The van der Waals surface area contributed by atoms with Gasteiger partial charge in [-0.05, 0) is 26.0 Å². The van der Waals surface area contributed by atoms with Crippen molar-refractivity contribution < 1.29 is 14.3 Å². The van der Waals surface area contributed by atoms with E-state index in [2.05, 4.69) is 9.97 Å². The Morgan fingerprint density at radius 3 is 2.83 bits per heavy atom. The van der Waals surface area contributed by atoms with E-state index >= 15 is 0 Å². The number of hydrogen-bond donors (Lipinski definition) is 1. The molecule has 0 atom stereocenters. The summed E-state index contributed by atoms with van der Waals surface area (Å²) in [7, 11) is 0. The molecule has 0 bridgehead atoms. The average molecular weight is 348 g/mol. The molecule has 8 heteroatoms. The first-order chi connectivity index (χ1) is 11.5. The summed E-state index contributed by atoms with van der Waals surface area (Å²) in [6.07, 6.45) is 0.416. The van der Waals surface area contributed by atoms with Crippen LogP contribution in [0, 0.1) is 6.92 Å². The van der Waals surface area contributed by atoms with E-state index in [-0.39, 0.29) is 18.0 Å². The fraction of sp³-hybridized carbons (Fsp3) is 0.188. The van der Waals surface area contributed by atoms with Crippen molar-refractivity contribution in [3.63, 3.8) is 0 Å². The van der Waals surface area contributed by atoms with Crippen molar-refractivity contribution in [1.29, 1.82) is 0 Å². The third-order valence-electron chi connectivity index (χ3n) is 3.48. The number of para-hydroxylation sites is 1. The van der Waals surface area contributed by atoms with Crippen LogP contribution in [0.1, 0.15) is 12.5 Å². The fourth-order valence-electron chi connectivity index (χ4n) is 2.47. The summed E-state index contributed by atoms with van der Waals surface area (Å²) in [5.74, 6) is 0.140. The van der Waals surface area contributed by atoms with Gasteiger partial charge in [-0.1, -0.05) is 23.7 Å². The highest BCUT2D eigenvalue weighted by Gasteiger charge is 2.24. The number of aromatic nitrogens is 3. The Labute approximate surface area is 141 Å². The molecule has 0 aliphatic heterocycles. The first-order valence-electron chi connectivity index (χ1n) is 7.22. The Balaban J connectivity index is 2.33. The average Bonchev–Trinajstić information content (AvgIpc) is 2.82. The predicted octanol–water partition coefficient (Wildman–Crippen LogP) is 3.21. The zero-order chi connectivity index (χ0) is 17.3. The van der Waals surface area contributed by atoms with Gasteiger partial charge in [0.2, 0.25) is 5.88 Å². The zero-order valence-corrected chi connectivity index (χ0v) is 13.8. The molecule has 1 aromatic carbocycles. The van der Waals surface area contributed by atoms with Crippen LogP contribution in [0.4, 0.5) is 4.79 Å². The minimum Gasteiger partial charge on any atom is -0.434 e. The minimum absolute atomic E-state index is 0.140. The van der Waals surface area contributed by atoms with Crippen molar-refractivity contribution in [2.45, 2.75) is 13.8 Å². The van der Waals surface area contributed by atoms with Gasteiger partial charge in [0.15, 0.2) is 5.65 Å². The van der Waals surface area contributed by atoms with Gasteiger partial charge in [0.1, 0.15) is 0 Å². The molecule has 0 spiro atoms. The molecule has 0 aliphatic carbocycles. The highest BCUT2D eigenvalue weighted by Crippen LogP contribution is 2.34. The van der Waals surface area contributed by atoms with E-state index in [1.807, 2.05) is 0 Å². The topological polar surface area (TPSA) is 86.2 Å². The molecule has 124 valence electrons. The lowest BCUT2D eigenvalue weighted by molar-refractivity contribution is 0.102. The fourth-order valence-corrected chi connectivity index (χ4v) is 2.69. The van der Waals surface area contributed by atoms with Crippen LogP contribution in [-0.4, -0.2) is 27.3 Å². The van der Waals surface area contributed by atoms with Gasteiger partial charge in [0.25, 0.3) is 5.56 Å². The van der Waals surface area contributed by atoms with Crippen LogP contribution >= 0.6 is 11.6 Å². The number of H-pyrrole nitrogens is 1. The number of fused-ring (bicyclic) bond motifs is 1. The van der Waals surface area contributed by atoms with Crippen molar-refractivity contribution in [3.05, 3.63) is 51.5 Å². The molecule has 0 amide bonds. The highest BCUT2D eigenvalue weighted by atomic mass is 35.5. The molecular weight excluding hydrogens is 334 g/mol. The predicted molar refractivity (Wildman–Crippen MR) is 89.1 cm³/mol. The van der Waals surface area contributed by atoms with Gasteiger partial charge in [-0.3, -0.25) is 9.36 Å². The lowest BCUT2D eigenvalue weighted by Crippen LogP contribution is -2.13. The number of benzene rings is 1. The van der Waals surface area contributed by atoms with Crippen molar-refractivity contribution in [3.8, 4) is 11.6 Å². The van der Waals surface area contributed by atoms with Gasteiger partial charge in [-0.25, -0.2) is 9.78 Å². The number of aryl methyl sites for hydroxylation is 1. The molecule has 0 saturated carbocycles. The van der Waals surface area contributed by atoms with Gasteiger partial charge in [-0.15, -0.1) is 0 Å². The maximum atomic E-state index is 12.2. The van der Waals surface area contributed by atoms with Gasteiger partial charge < -0.3 is 14.5 Å².